The summed E-state index contributed by atoms with van der Waals surface area (Å²) in [7, 11) is 0. The molecule has 0 aromatic rings. The molecular weight excluding hydrogens is 196 g/mol. The summed E-state index contributed by atoms with van der Waals surface area (Å²) in [5.74, 6) is -0.0265. The SMILES string of the molecule is C=C=CCC=CC=CC(=O)C=CCC=C=C. The molecule has 16 heavy (non-hydrogen) atoms. The molecule has 82 valence electrons. The molecule has 0 aliphatic rings. The summed E-state index contributed by atoms with van der Waals surface area (Å²) in [6.45, 7) is 6.87. The third-order valence-electron chi connectivity index (χ3n) is 1.59. The largest absolute Gasteiger partial charge is 0.290 e. The van der Waals surface area contributed by atoms with Gasteiger partial charge in [0.25, 0.3) is 0 Å². The highest BCUT2D eigenvalue weighted by atomic mass is 16.1. The Labute approximate surface area is 97.2 Å². The Balaban J connectivity index is 3.90. The predicted molar refractivity (Wildman–Crippen MR) is 69.1 cm³/mol. The van der Waals surface area contributed by atoms with Crippen molar-refractivity contribution in [2.45, 2.75) is 12.8 Å². The van der Waals surface area contributed by atoms with Crippen molar-refractivity contribution in [1.82, 2.24) is 0 Å². The minimum Gasteiger partial charge on any atom is -0.290 e. The Bertz CT molecular complexity index is 382. The lowest BCUT2D eigenvalue weighted by atomic mass is 10.2. The minimum absolute atomic E-state index is 0.0265. The van der Waals surface area contributed by atoms with E-state index in [1.165, 1.54) is 12.2 Å². The van der Waals surface area contributed by atoms with Crippen LogP contribution in [-0.2, 0) is 4.79 Å². The second-order valence-corrected chi connectivity index (χ2v) is 2.88. The molecule has 0 rings (SSSR count). The quantitative estimate of drug-likeness (QED) is 0.357. The fourth-order valence-electron chi connectivity index (χ4n) is 0.850. The normalized spacial score (nSPS) is 10.5. The van der Waals surface area contributed by atoms with Crippen LogP contribution in [0.3, 0.4) is 0 Å². The molecule has 0 heterocycles. The van der Waals surface area contributed by atoms with E-state index in [4.69, 9.17) is 0 Å². The molecule has 0 fully saturated rings. The molecule has 0 aromatic carbocycles. The number of ketones is 1. The number of carbonyl (C=O) groups is 1. The van der Waals surface area contributed by atoms with Gasteiger partial charge in [-0.1, -0.05) is 37.5 Å². The zero-order chi connectivity index (χ0) is 12.1. The topological polar surface area (TPSA) is 17.1 Å². The Kier molecular flexibility index (Phi) is 9.58. The first-order valence-electron chi connectivity index (χ1n) is 5.03. The maximum absolute atomic E-state index is 11.2. The Hall–Kier alpha value is -2.07. The average molecular weight is 212 g/mol. The van der Waals surface area contributed by atoms with E-state index in [9.17, 15) is 4.79 Å². The van der Waals surface area contributed by atoms with E-state index in [0.717, 1.165) is 6.42 Å². The zero-order valence-electron chi connectivity index (χ0n) is 9.36. The van der Waals surface area contributed by atoms with Gasteiger partial charge in [-0.15, -0.1) is 11.5 Å². The molecule has 0 spiro atoms. The predicted octanol–water partition coefficient (Wildman–Crippen LogP) is 3.69. The highest BCUT2D eigenvalue weighted by Gasteiger charge is 1.84. The second-order valence-electron chi connectivity index (χ2n) is 2.88. The van der Waals surface area contributed by atoms with Gasteiger partial charge < -0.3 is 0 Å². The van der Waals surface area contributed by atoms with Gasteiger partial charge in [0.15, 0.2) is 5.78 Å². The van der Waals surface area contributed by atoms with Crippen molar-refractivity contribution in [3.8, 4) is 0 Å². The van der Waals surface area contributed by atoms with Gasteiger partial charge >= 0.3 is 0 Å². The molecule has 1 nitrogen and oxygen atoms in total. The van der Waals surface area contributed by atoms with Crippen LogP contribution in [0.25, 0.3) is 0 Å². The first kappa shape index (κ1) is 13.9. The molecule has 0 N–H and O–H groups in total. The fraction of sp³-hybridized carbons (Fsp3) is 0.133. The number of hydrogen-bond donors (Lipinski definition) is 0. The van der Waals surface area contributed by atoms with Crippen LogP contribution < -0.4 is 0 Å². The van der Waals surface area contributed by atoms with Crippen molar-refractivity contribution >= 4 is 5.78 Å². The van der Waals surface area contributed by atoms with Crippen molar-refractivity contribution in [3.05, 3.63) is 73.2 Å². The molecule has 0 saturated heterocycles. The molecule has 0 atom stereocenters. The second kappa shape index (κ2) is 11.0. The van der Waals surface area contributed by atoms with E-state index in [1.54, 1.807) is 18.2 Å². The third-order valence-corrected chi connectivity index (χ3v) is 1.59. The molecule has 0 radical (unpaired) electrons. The first-order chi connectivity index (χ1) is 7.81. The number of carbonyl (C=O) groups excluding carboxylic acids is 1. The van der Waals surface area contributed by atoms with E-state index < -0.39 is 0 Å². The highest BCUT2D eigenvalue weighted by Crippen LogP contribution is 1.89. The van der Waals surface area contributed by atoms with Crippen molar-refractivity contribution < 1.29 is 4.79 Å². The van der Waals surface area contributed by atoms with Crippen LogP contribution in [0.1, 0.15) is 12.8 Å². The highest BCUT2D eigenvalue weighted by molar-refractivity contribution is 5.99. The monoisotopic (exact) mass is 212 g/mol. The Morgan fingerprint density at radius 1 is 0.938 bits per heavy atom. The van der Waals surface area contributed by atoms with Crippen molar-refractivity contribution in [3.63, 3.8) is 0 Å². The van der Waals surface area contributed by atoms with E-state index in [-0.39, 0.29) is 5.78 Å². The number of allylic oxidation sites excluding steroid dienone is 8. The number of hydrogen-bond acceptors (Lipinski definition) is 1. The molecule has 0 aliphatic heterocycles. The summed E-state index contributed by atoms with van der Waals surface area (Å²) >= 11 is 0. The summed E-state index contributed by atoms with van der Waals surface area (Å²) in [6.07, 6.45) is 15.3. The molecule has 0 amide bonds. The van der Waals surface area contributed by atoms with Crippen LogP contribution in [0.4, 0.5) is 0 Å². The Morgan fingerprint density at radius 3 is 2.19 bits per heavy atom. The first-order valence-corrected chi connectivity index (χ1v) is 5.03. The van der Waals surface area contributed by atoms with Gasteiger partial charge in [0.05, 0.1) is 0 Å². The van der Waals surface area contributed by atoms with Crippen LogP contribution in [0.5, 0.6) is 0 Å². The molecule has 1 heteroatoms. The van der Waals surface area contributed by atoms with Crippen molar-refractivity contribution in [1.29, 1.82) is 0 Å². The van der Waals surface area contributed by atoms with E-state index in [2.05, 4.69) is 24.6 Å². The fourth-order valence-corrected chi connectivity index (χ4v) is 0.850. The summed E-state index contributed by atoms with van der Waals surface area (Å²) < 4.78 is 0. The van der Waals surface area contributed by atoms with Gasteiger partial charge in [-0.2, -0.15) is 0 Å². The average Bonchev–Trinajstić information content (AvgIpc) is 2.29. The van der Waals surface area contributed by atoms with E-state index in [1.807, 2.05) is 18.2 Å². The summed E-state index contributed by atoms with van der Waals surface area (Å²) in [6, 6.07) is 0. The van der Waals surface area contributed by atoms with Gasteiger partial charge in [-0.25, -0.2) is 0 Å². The summed E-state index contributed by atoms with van der Waals surface area (Å²) in [4.78, 5) is 11.2. The number of rotatable bonds is 7. The van der Waals surface area contributed by atoms with Crippen LogP contribution >= 0.6 is 0 Å². The summed E-state index contributed by atoms with van der Waals surface area (Å²) in [5.41, 5.74) is 5.30. The maximum atomic E-state index is 11.2. The standard InChI is InChI=1S/C15H16O/c1-3-5-7-9-10-12-14-15(16)13-11-8-6-4-2/h5-6,9-14H,1-2,7-8H2. The van der Waals surface area contributed by atoms with Crippen molar-refractivity contribution in [2.75, 3.05) is 0 Å². The molecule has 0 bridgehead atoms. The van der Waals surface area contributed by atoms with Crippen LogP contribution in [0.2, 0.25) is 0 Å². The zero-order valence-corrected chi connectivity index (χ0v) is 9.36. The van der Waals surface area contributed by atoms with Crippen LogP contribution in [0.15, 0.2) is 73.2 Å². The third kappa shape index (κ3) is 10.0. The van der Waals surface area contributed by atoms with Gasteiger partial charge in [0.1, 0.15) is 0 Å². The van der Waals surface area contributed by atoms with E-state index >= 15 is 0 Å². The van der Waals surface area contributed by atoms with Crippen LogP contribution in [0, 0.1) is 0 Å². The summed E-state index contributed by atoms with van der Waals surface area (Å²) in [5, 5.41) is 0. The molecule has 0 aliphatic carbocycles. The smallest absolute Gasteiger partial charge is 0.178 e. The molecule has 0 unspecified atom stereocenters. The van der Waals surface area contributed by atoms with Gasteiger partial charge in [-0.05, 0) is 37.1 Å². The van der Waals surface area contributed by atoms with Gasteiger partial charge in [-0.3, -0.25) is 4.79 Å². The lowest BCUT2D eigenvalue weighted by Crippen LogP contribution is -1.83. The minimum atomic E-state index is -0.0265. The lowest BCUT2D eigenvalue weighted by molar-refractivity contribution is -0.110. The molecule has 0 saturated carbocycles. The lowest BCUT2D eigenvalue weighted by Gasteiger charge is -1.81. The molecular formula is C15H16O. The maximum Gasteiger partial charge on any atom is 0.178 e. The van der Waals surface area contributed by atoms with Gasteiger partial charge in [0.2, 0.25) is 0 Å². The van der Waals surface area contributed by atoms with E-state index in [0.29, 0.717) is 6.42 Å². The van der Waals surface area contributed by atoms with Gasteiger partial charge in [0, 0.05) is 0 Å². The van der Waals surface area contributed by atoms with Crippen molar-refractivity contribution in [2.24, 2.45) is 0 Å². The Morgan fingerprint density at radius 2 is 1.56 bits per heavy atom. The van der Waals surface area contributed by atoms with Crippen LogP contribution in [-0.4, -0.2) is 5.78 Å². The molecule has 0 aromatic heterocycles.